The van der Waals surface area contributed by atoms with Crippen LogP contribution in [-0.4, -0.2) is 25.3 Å². The summed E-state index contributed by atoms with van der Waals surface area (Å²) in [6.45, 7) is 6.70. The molecule has 5 rings (SSSR count). The maximum Gasteiger partial charge on any atom is 0.133 e. The highest BCUT2D eigenvalue weighted by atomic mass is 19.1. The summed E-state index contributed by atoms with van der Waals surface area (Å²) in [5, 5.41) is 4.30. The molecule has 1 atom stereocenters. The van der Waals surface area contributed by atoms with Crippen LogP contribution >= 0.6 is 0 Å². The highest BCUT2D eigenvalue weighted by Crippen LogP contribution is 2.51. The van der Waals surface area contributed by atoms with E-state index in [0.717, 1.165) is 56.7 Å². The van der Waals surface area contributed by atoms with Crippen LogP contribution in [0.1, 0.15) is 42.0 Å². The molecular formula is C24H27FN4. The standard InChI is InChI=1S/C24H27FN4/c1-16(20-9-12-27-28-20)22-19(25)7-4-8-21(22)29-13-10-24(11-14-29)15-17-5-2-3-6-18(17)23(24)26/h2-8,23,27H,1,9-15,26H2/t23-/m1/s1. The van der Waals surface area contributed by atoms with Crippen LogP contribution in [0, 0.1) is 11.2 Å². The predicted molar refractivity (Wildman–Crippen MR) is 116 cm³/mol. The van der Waals surface area contributed by atoms with Gasteiger partial charge in [-0.1, -0.05) is 36.9 Å². The highest BCUT2D eigenvalue weighted by Gasteiger charge is 2.46. The molecule has 150 valence electrons. The van der Waals surface area contributed by atoms with Crippen molar-refractivity contribution in [3.05, 3.63) is 71.6 Å². The van der Waals surface area contributed by atoms with Crippen molar-refractivity contribution in [2.75, 3.05) is 24.5 Å². The number of hydrogen-bond acceptors (Lipinski definition) is 4. The van der Waals surface area contributed by atoms with Crippen LogP contribution in [0.15, 0.2) is 54.1 Å². The van der Waals surface area contributed by atoms with Gasteiger partial charge in [-0.3, -0.25) is 0 Å². The van der Waals surface area contributed by atoms with Gasteiger partial charge >= 0.3 is 0 Å². The third-order valence-electron chi connectivity index (χ3n) is 7.02. The van der Waals surface area contributed by atoms with Crippen LogP contribution in [-0.2, 0) is 6.42 Å². The molecule has 0 unspecified atom stereocenters. The van der Waals surface area contributed by atoms with Gasteiger partial charge in [0.25, 0.3) is 0 Å². The van der Waals surface area contributed by atoms with Gasteiger partial charge in [0.15, 0.2) is 0 Å². The van der Waals surface area contributed by atoms with Crippen molar-refractivity contribution >= 4 is 17.0 Å². The van der Waals surface area contributed by atoms with Crippen molar-refractivity contribution in [3.63, 3.8) is 0 Å². The number of benzene rings is 2. The van der Waals surface area contributed by atoms with Crippen LogP contribution in [0.3, 0.4) is 0 Å². The summed E-state index contributed by atoms with van der Waals surface area (Å²) in [5.74, 6) is -0.229. The van der Waals surface area contributed by atoms with E-state index in [-0.39, 0.29) is 17.3 Å². The van der Waals surface area contributed by atoms with Crippen molar-refractivity contribution in [2.24, 2.45) is 16.3 Å². The van der Waals surface area contributed by atoms with E-state index in [0.29, 0.717) is 11.1 Å². The lowest BCUT2D eigenvalue weighted by molar-refractivity contribution is 0.187. The van der Waals surface area contributed by atoms with E-state index < -0.39 is 0 Å². The van der Waals surface area contributed by atoms with Gasteiger partial charge in [-0.2, -0.15) is 5.10 Å². The second-order valence-electron chi connectivity index (χ2n) is 8.53. The number of nitrogens with zero attached hydrogens (tertiary/aromatic N) is 2. The molecule has 1 spiro atoms. The summed E-state index contributed by atoms with van der Waals surface area (Å²) >= 11 is 0. The molecule has 0 bridgehead atoms. The molecular weight excluding hydrogens is 363 g/mol. The first-order valence-corrected chi connectivity index (χ1v) is 10.4. The number of piperidine rings is 1. The first-order chi connectivity index (χ1) is 14.1. The Hall–Kier alpha value is -2.66. The van der Waals surface area contributed by atoms with E-state index in [4.69, 9.17) is 5.73 Å². The number of hydrazone groups is 1. The third-order valence-corrected chi connectivity index (χ3v) is 7.02. The Morgan fingerprint density at radius 1 is 1.17 bits per heavy atom. The Balaban J connectivity index is 1.40. The number of nitrogens with one attached hydrogen (secondary N) is 1. The monoisotopic (exact) mass is 390 g/mol. The smallest absolute Gasteiger partial charge is 0.133 e. The molecule has 2 aromatic rings. The van der Waals surface area contributed by atoms with Crippen LogP contribution in [0.4, 0.5) is 10.1 Å². The summed E-state index contributed by atoms with van der Waals surface area (Å²) in [7, 11) is 0. The number of nitrogens with two attached hydrogens (primary N) is 1. The molecule has 4 nitrogen and oxygen atoms in total. The number of halogens is 1. The first kappa shape index (κ1) is 18.4. The number of hydrogen-bond donors (Lipinski definition) is 2. The van der Waals surface area contributed by atoms with Crippen LogP contribution < -0.4 is 16.1 Å². The number of allylic oxidation sites excluding steroid dienone is 1. The average molecular weight is 391 g/mol. The molecule has 0 radical (unpaired) electrons. The quantitative estimate of drug-likeness (QED) is 0.832. The van der Waals surface area contributed by atoms with Crippen molar-refractivity contribution < 1.29 is 4.39 Å². The molecule has 3 aliphatic rings. The molecule has 0 aromatic heterocycles. The maximum absolute atomic E-state index is 14.9. The summed E-state index contributed by atoms with van der Waals surface area (Å²) < 4.78 is 14.9. The number of rotatable bonds is 3. The fourth-order valence-corrected chi connectivity index (χ4v) is 5.32. The number of anilines is 1. The molecule has 1 fully saturated rings. The van der Waals surface area contributed by atoms with Crippen molar-refractivity contribution in [1.82, 2.24) is 5.43 Å². The molecule has 2 aliphatic heterocycles. The van der Waals surface area contributed by atoms with Gasteiger partial charge in [-0.15, -0.1) is 0 Å². The zero-order chi connectivity index (χ0) is 20.0. The van der Waals surface area contributed by atoms with Gasteiger partial charge in [0.05, 0.1) is 5.71 Å². The van der Waals surface area contributed by atoms with E-state index in [9.17, 15) is 4.39 Å². The third kappa shape index (κ3) is 2.96. The predicted octanol–water partition coefficient (Wildman–Crippen LogP) is 4.03. The zero-order valence-electron chi connectivity index (χ0n) is 16.6. The van der Waals surface area contributed by atoms with Crippen LogP contribution in [0.25, 0.3) is 5.57 Å². The normalized spacial score (nSPS) is 22.3. The lowest BCUT2D eigenvalue weighted by atomic mass is 9.73. The molecule has 0 saturated carbocycles. The van der Waals surface area contributed by atoms with E-state index in [1.807, 2.05) is 6.07 Å². The lowest BCUT2D eigenvalue weighted by Crippen LogP contribution is -2.44. The minimum atomic E-state index is -0.229. The van der Waals surface area contributed by atoms with E-state index in [1.165, 1.54) is 17.2 Å². The minimum absolute atomic E-state index is 0.0849. The molecule has 1 aliphatic carbocycles. The van der Waals surface area contributed by atoms with Gasteiger partial charge in [0.2, 0.25) is 0 Å². The van der Waals surface area contributed by atoms with E-state index in [2.05, 4.69) is 46.3 Å². The fourth-order valence-electron chi connectivity index (χ4n) is 5.32. The van der Waals surface area contributed by atoms with E-state index >= 15 is 0 Å². The average Bonchev–Trinajstić information content (AvgIpc) is 3.36. The second-order valence-corrected chi connectivity index (χ2v) is 8.53. The van der Waals surface area contributed by atoms with Gasteiger partial charge in [-0.05, 0) is 47.9 Å². The zero-order valence-corrected chi connectivity index (χ0v) is 16.6. The van der Waals surface area contributed by atoms with Crippen LogP contribution in [0.2, 0.25) is 0 Å². The van der Waals surface area contributed by atoms with E-state index in [1.54, 1.807) is 6.07 Å². The van der Waals surface area contributed by atoms with Crippen LogP contribution in [0.5, 0.6) is 0 Å². The first-order valence-electron chi connectivity index (χ1n) is 10.4. The minimum Gasteiger partial charge on any atom is -0.371 e. The second kappa shape index (κ2) is 6.99. The summed E-state index contributed by atoms with van der Waals surface area (Å²) in [6.07, 6.45) is 3.84. The molecule has 2 aromatic carbocycles. The Morgan fingerprint density at radius 2 is 1.97 bits per heavy atom. The summed E-state index contributed by atoms with van der Waals surface area (Å²) in [5.41, 5.74) is 15.5. The number of fused-ring (bicyclic) bond motifs is 1. The Morgan fingerprint density at radius 3 is 2.69 bits per heavy atom. The SMILES string of the molecule is C=C(C1=NNCC1)c1c(F)cccc1N1CCC2(CC1)Cc1ccccc1[C@H]2N. The van der Waals surface area contributed by atoms with Crippen molar-refractivity contribution in [3.8, 4) is 0 Å². The summed E-state index contributed by atoms with van der Waals surface area (Å²) in [6, 6.07) is 14.0. The van der Waals surface area contributed by atoms with Gasteiger partial charge in [0, 0.05) is 48.9 Å². The topological polar surface area (TPSA) is 53.7 Å². The van der Waals surface area contributed by atoms with Crippen molar-refractivity contribution in [1.29, 1.82) is 0 Å². The van der Waals surface area contributed by atoms with Crippen molar-refractivity contribution in [2.45, 2.75) is 31.7 Å². The molecule has 5 heteroatoms. The highest BCUT2D eigenvalue weighted by molar-refractivity contribution is 6.25. The Kier molecular flexibility index (Phi) is 4.43. The molecule has 3 N–H and O–H groups in total. The maximum atomic E-state index is 14.9. The lowest BCUT2D eigenvalue weighted by Gasteiger charge is -2.43. The van der Waals surface area contributed by atoms with Gasteiger partial charge < -0.3 is 16.1 Å². The van der Waals surface area contributed by atoms with Gasteiger partial charge in [-0.25, -0.2) is 4.39 Å². The van der Waals surface area contributed by atoms with Gasteiger partial charge in [0.1, 0.15) is 5.82 Å². The Bertz CT molecular complexity index is 988. The molecule has 1 saturated heterocycles. The molecule has 0 amide bonds. The largest absolute Gasteiger partial charge is 0.371 e. The molecule has 2 heterocycles. The fraction of sp³-hybridized carbons (Fsp3) is 0.375. The Labute approximate surface area is 171 Å². The summed E-state index contributed by atoms with van der Waals surface area (Å²) in [4.78, 5) is 2.30. The molecule has 29 heavy (non-hydrogen) atoms.